The highest BCUT2D eigenvalue weighted by Gasteiger charge is 2.29. The third-order valence-electron chi connectivity index (χ3n) is 5.21. The van der Waals surface area contributed by atoms with Crippen molar-refractivity contribution in [1.82, 2.24) is 25.2 Å². The van der Waals surface area contributed by atoms with Gasteiger partial charge in [0.2, 0.25) is 0 Å². The number of aliphatic imine (C=N–C) groups is 1. The fourth-order valence-corrected chi connectivity index (χ4v) is 3.28. The minimum atomic E-state index is 0. The van der Waals surface area contributed by atoms with Gasteiger partial charge in [0.1, 0.15) is 6.26 Å². The van der Waals surface area contributed by atoms with Crippen LogP contribution in [-0.4, -0.2) is 84.2 Å². The van der Waals surface area contributed by atoms with E-state index >= 15 is 0 Å². The van der Waals surface area contributed by atoms with Gasteiger partial charge in [0, 0.05) is 57.4 Å². The van der Waals surface area contributed by atoms with E-state index in [2.05, 4.69) is 46.1 Å². The summed E-state index contributed by atoms with van der Waals surface area (Å²) in [6.07, 6.45) is 4.33. The molecule has 26 heavy (non-hydrogen) atoms. The first-order valence-corrected chi connectivity index (χ1v) is 9.54. The average Bonchev–Trinajstić information content (AvgIpc) is 3.36. The van der Waals surface area contributed by atoms with Crippen LogP contribution in [0.4, 0.5) is 0 Å². The van der Waals surface area contributed by atoms with Crippen molar-refractivity contribution >= 4 is 29.9 Å². The summed E-state index contributed by atoms with van der Waals surface area (Å²) in [5, 5.41) is 7.47. The fourth-order valence-electron chi connectivity index (χ4n) is 3.28. The standard InChI is InChI=1S/C18H32N6O.HI/c1-4-19-18(20-13-15(2)22(3)17-5-6-17)24-10-8-23(9-11-24)14-16-7-12-25-21-16;/h7,12,15,17H,4-6,8-11,13-14H2,1-3H3,(H,19,20);1H. The number of aromatic nitrogens is 1. The van der Waals surface area contributed by atoms with Gasteiger partial charge in [-0.15, -0.1) is 24.0 Å². The lowest BCUT2D eigenvalue weighted by molar-refractivity contribution is 0.168. The molecule has 1 aromatic rings. The summed E-state index contributed by atoms with van der Waals surface area (Å²) in [5.74, 6) is 1.06. The van der Waals surface area contributed by atoms with Crippen LogP contribution in [0.15, 0.2) is 21.8 Å². The molecule has 1 saturated carbocycles. The van der Waals surface area contributed by atoms with Crippen molar-refractivity contribution in [3.63, 3.8) is 0 Å². The molecule has 0 spiro atoms. The molecule has 1 N–H and O–H groups in total. The predicted octanol–water partition coefficient (Wildman–Crippen LogP) is 1.86. The molecule has 8 heteroatoms. The molecule has 3 rings (SSSR count). The Balaban J connectivity index is 0.00000243. The summed E-state index contributed by atoms with van der Waals surface area (Å²) in [4.78, 5) is 12.2. The van der Waals surface area contributed by atoms with Crippen LogP contribution in [0.5, 0.6) is 0 Å². The van der Waals surface area contributed by atoms with E-state index in [1.54, 1.807) is 6.26 Å². The second kappa shape index (κ2) is 10.5. The van der Waals surface area contributed by atoms with Gasteiger partial charge in [-0.05, 0) is 33.7 Å². The molecule has 1 unspecified atom stereocenters. The predicted molar refractivity (Wildman–Crippen MR) is 115 cm³/mol. The molecule has 0 amide bonds. The Morgan fingerprint density at radius 1 is 1.38 bits per heavy atom. The Hall–Kier alpha value is -0.870. The van der Waals surface area contributed by atoms with Gasteiger partial charge in [0.05, 0.1) is 12.2 Å². The quantitative estimate of drug-likeness (QED) is 0.369. The van der Waals surface area contributed by atoms with Gasteiger partial charge in [0.15, 0.2) is 5.96 Å². The number of likely N-dealkylation sites (N-methyl/N-ethyl adjacent to an activating group) is 1. The van der Waals surface area contributed by atoms with Crippen molar-refractivity contribution in [3.05, 3.63) is 18.0 Å². The monoisotopic (exact) mass is 476 g/mol. The normalized spacial score (nSPS) is 20.2. The number of hydrogen-bond donors (Lipinski definition) is 1. The van der Waals surface area contributed by atoms with Crippen molar-refractivity contribution in [3.8, 4) is 0 Å². The summed E-state index contributed by atoms with van der Waals surface area (Å²) < 4.78 is 4.92. The summed E-state index contributed by atoms with van der Waals surface area (Å²) in [6, 6.07) is 3.22. The lowest BCUT2D eigenvalue weighted by Crippen LogP contribution is -2.52. The molecule has 2 aliphatic rings. The molecule has 1 aliphatic carbocycles. The Bertz CT molecular complexity index is 540. The maximum Gasteiger partial charge on any atom is 0.194 e. The van der Waals surface area contributed by atoms with Crippen molar-refractivity contribution < 1.29 is 4.52 Å². The minimum absolute atomic E-state index is 0. The van der Waals surface area contributed by atoms with Crippen LogP contribution >= 0.6 is 24.0 Å². The van der Waals surface area contributed by atoms with Crippen LogP contribution in [0.2, 0.25) is 0 Å². The fraction of sp³-hybridized carbons (Fsp3) is 0.778. The van der Waals surface area contributed by atoms with Crippen LogP contribution in [0.1, 0.15) is 32.4 Å². The molecule has 148 valence electrons. The molecule has 0 bridgehead atoms. The molecule has 2 heterocycles. The van der Waals surface area contributed by atoms with Gasteiger partial charge in [-0.3, -0.25) is 14.8 Å². The van der Waals surface area contributed by atoms with Gasteiger partial charge >= 0.3 is 0 Å². The summed E-state index contributed by atoms with van der Waals surface area (Å²) >= 11 is 0. The van der Waals surface area contributed by atoms with Gasteiger partial charge in [0.25, 0.3) is 0 Å². The van der Waals surface area contributed by atoms with E-state index in [0.717, 1.165) is 63.5 Å². The largest absolute Gasteiger partial charge is 0.364 e. The van der Waals surface area contributed by atoms with Gasteiger partial charge < -0.3 is 14.7 Å². The topological polar surface area (TPSA) is 60.1 Å². The number of guanidine groups is 1. The maximum atomic E-state index is 4.92. The third-order valence-corrected chi connectivity index (χ3v) is 5.21. The van der Waals surface area contributed by atoms with Crippen molar-refractivity contribution in [1.29, 1.82) is 0 Å². The first-order chi connectivity index (χ1) is 12.2. The molecule has 1 saturated heterocycles. The van der Waals surface area contributed by atoms with Crippen LogP contribution in [-0.2, 0) is 6.54 Å². The van der Waals surface area contributed by atoms with E-state index in [0.29, 0.717) is 6.04 Å². The molecule has 0 aromatic carbocycles. The lowest BCUT2D eigenvalue weighted by atomic mass is 10.3. The first kappa shape index (κ1) is 21.4. The highest BCUT2D eigenvalue weighted by molar-refractivity contribution is 14.0. The van der Waals surface area contributed by atoms with E-state index in [4.69, 9.17) is 9.52 Å². The maximum absolute atomic E-state index is 4.92. The molecule has 1 atom stereocenters. The van der Waals surface area contributed by atoms with Crippen LogP contribution in [0, 0.1) is 0 Å². The summed E-state index contributed by atoms with van der Waals surface area (Å²) in [7, 11) is 2.23. The Morgan fingerprint density at radius 2 is 2.12 bits per heavy atom. The van der Waals surface area contributed by atoms with Crippen molar-refractivity contribution in [2.45, 2.75) is 45.3 Å². The second-order valence-electron chi connectivity index (χ2n) is 7.19. The Morgan fingerprint density at radius 3 is 2.69 bits per heavy atom. The number of hydrogen-bond acceptors (Lipinski definition) is 5. The van der Waals surface area contributed by atoms with E-state index in [1.165, 1.54) is 12.8 Å². The van der Waals surface area contributed by atoms with Gasteiger partial charge in [-0.1, -0.05) is 5.16 Å². The van der Waals surface area contributed by atoms with Crippen LogP contribution in [0.25, 0.3) is 0 Å². The Kier molecular flexibility index (Phi) is 8.62. The molecule has 1 aromatic heterocycles. The van der Waals surface area contributed by atoms with E-state index < -0.39 is 0 Å². The second-order valence-corrected chi connectivity index (χ2v) is 7.19. The lowest BCUT2D eigenvalue weighted by Gasteiger charge is -2.36. The van der Waals surface area contributed by atoms with E-state index in [9.17, 15) is 0 Å². The first-order valence-electron chi connectivity index (χ1n) is 9.54. The molecule has 7 nitrogen and oxygen atoms in total. The van der Waals surface area contributed by atoms with Crippen molar-refractivity contribution in [2.24, 2.45) is 4.99 Å². The smallest absolute Gasteiger partial charge is 0.194 e. The molecule has 2 fully saturated rings. The zero-order valence-corrected chi connectivity index (χ0v) is 18.6. The molecule has 0 radical (unpaired) electrons. The SMILES string of the molecule is CCNC(=NCC(C)N(C)C1CC1)N1CCN(Cc2ccon2)CC1.I. The number of piperazine rings is 1. The minimum Gasteiger partial charge on any atom is -0.364 e. The zero-order valence-electron chi connectivity index (χ0n) is 16.2. The van der Waals surface area contributed by atoms with Gasteiger partial charge in [-0.25, -0.2) is 0 Å². The molecule has 1 aliphatic heterocycles. The Labute approximate surface area is 174 Å². The van der Waals surface area contributed by atoms with Crippen LogP contribution < -0.4 is 5.32 Å². The number of halogens is 1. The highest BCUT2D eigenvalue weighted by atomic mass is 127. The highest BCUT2D eigenvalue weighted by Crippen LogP contribution is 2.26. The van der Waals surface area contributed by atoms with Crippen LogP contribution in [0.3, 0.4) is 0 Å². The zero-order chi connectivity index (χ0) is 17.6. The van der Waals surface area contributed by atoms with E-state index in [1.807, 2.05) is 6.07 Å². The third kappa shape index (κ3) is 6.09. The molecular formula is C18H33IN6O. The summed E-state index contributed by atoms with van der Waals surface area (Å²) in [5.41, 5.74) is 1.01. The van der Waals surface area contributed by atoms with E-state index in [-0.39, 0.29) is 24.0 Å². The number of nitrogens with one attached hydrogen (secondary N) is 1. The van der Waals surface area contributed by atoms with Crippen molar-refractivity contribution in [2.75, 3.05) is 46.3 Å². The summed E-state index contributed by atoms with van der Waals surface area (Å²) in [6.45, 7) is 11.1. The van der Waals surface area contributed by atoms with Gasteiger partial charge in [-0.2, -0.15) is 0 Å². The molecular weight excluding hydrogens is 443 g/mol. The number of nitrogens with zero attached hydrogens (tertiary/aromatic N) is 5. The number of rotatable bonds is 7. The average molecular weight is 476 g/mol.